The molecule has 24 heavy (non-hydrogen) atoms. The molecule has 1 atom stereocenters. The largest absolute Gasteiger partial charge is 0.468 e. The van der Waals surface area contributed by atoms with Gasteiger partial charge in [0.15, 0.2) is 0 Å². The Morgan fingerprint density at radius 2 is 1.83 bits per heavy atom. The highest BCUT2D eigenvalue weighted by molar-refractivity contribution is 6.15. The molecule has 0 aromatic heterocycles. The third kappa shape index (κ3) is 3.05. The van der Waals surface area contributed by atoms with Gasteiger partial charge in [0.1, 0.15) is 5.75 Å². The van der Waals surface area contributed by atoms with Crippen LogP contribution in [0.4, 0.5) is 11.4 Å². The quantitative estimate of drug-likeness (QED) is 0.663. The molecule has 0 aliphatic carbocycles. The Hall–Kier alpha value is -3.35. The van der Waals surface area contributed by atoms with Crippen LogP contribution in [0.5, 0.6) is 5.75 Å². The van der Waals surface area contributed by atoms with Crippen molar-refractivity contribution in [3.8, 4) is 5.75 Å². The van der Waals surface area contributed by atoms with Crippen molar-refractivity contribution < 1.29 is 23.9 Å². The second kappa shape index (κ2) is 6.41. The van der Waals surface area contributed by atoms with Crippen molar-refractivity contribution in [2.24, 2.45) is 0 Å². The van der Waals surface area contributed by atoms with E-state index in [1.165, 1.54) is 19.2 Å². The SMILES string of the molecule is COC(=O)c1ccc(NC(=O)C2Oc3ccccc3NC2=O)cc1. The van der Waals surface area contributed by atoms with Gasteiger partial charge in [-0.2, -0.15) is 0 Å². The molecule has 1 heterocycles. The van der Waals surface area contributed by atoms with Gasteiger partial charge in [0.25, 0.3) is 17.9 Å². The van der Waals surface area contributed by atoms with Gasteiger partial charge < -0.3 is 20.1 Å². The van der Waals surface area contributed by atoms with Crippen LogP contribution in [0.15, 0.2) is 48.5 Å². The summed E-state index contributed by atoms with van der Waals surface area (Å²) in [5.41, 5.74) is 1.31. The number of ether oxygens (including phenoxy) is 2. The summed E-state index contributed by atoms with van der Waals surface area (Å²) in [5, 5.41) is 5.20. The Morgan fingerprint density at radius 1 is 1.12 bits per heavy atom. The molecule has 0 bridgehead atoms. The highest BCUT2D eigenvalue weighted by atomic mass is 16.5. The van der Waals surface area contributed by atoms with Gasteiger partial charge in [-0.15, -0.1) is 0 Å². The van der Waals surface area contributed by atoms with Gasteiger partial charge in [-0.1, -0.05) is 12.1 Å². The van der Waals surface area contributed by atoms with Crippen molar-refractivity contribution in [1.82, 2.24) is 0 Å². The lowest BCUT2D eigenvalue weighted by Gasteiger charge is -2.24. The first-order valence-corrected chi connectivity index (χ1v) is 7.14. The lowest BCUT2D eigenvalue weighted by molar-refractivity contribution is -0.133. The molecule has 0 saturated carbocycles. The molecule has 7 nitrogen and oxygen atoms in total. The number of methoxy groups -OCH3 is 1. The average molecular weight is 326 g/mol. The normalized spacial score (nSPS) is 15.5. The molecule has 3 rings (SSSR count). The Kier molecular flexibility index (Phi) is 4.15. The van der Waals surface area contributed by atoms with Crippen LogP contribution >= 0.6 is 0 Å². The Balaban J connectivity index is 1.71. The number of fused-ring (bicyclic) bond motifs is 1. The first kappa shape index (κ1) is 15.5. The first-order valence-electron chi connectivity index (χ1n) is 7.14. The smallest absolute Gasteiger partial charge is 0.337 e. The van der Waals surface area contributed by atoms with Gasteiger partial charge in [0.05, 0.1) is 18.4 Å². The van der Waals surface area contributed by atoms with Crippen molar-refractivity contribution >= 4 is 29.2 Å². The average Bonchev–Trinajstić information content (AvgIpc) is 2.61. The van der Waals surface area contributed by atoms with Crippen LogP contribution in [0, 0.1) is 0 Å². The van der Waals surface area contributed by atoms with E-state index in [0.29, 0.717) is 22.7 Å². The molecule has 0 radical (unpaired) electrons. The number of anilines is 2. The highest BCUT2D eigenvalue weighted by Crippen LogP contribution is 2.29. The summed E-state index contributed by atoms with van der Waals surface area (Å²) in [5.74, 6) is -1.19. The fourth-order valence-corrected chi connectivity index (χ4v) is 2.24. The van der Waals surface area contributed by atoms with Crippen LogP contribution in [0.1, 0.15) is 10.4 Å². The van der Waals surface area contributed by atoms with E-state index in [-0.39, 0.29) is 0 Å². The Morgan fingerprint density at radius 3 is 2.54 bits per heavy atom. The van der Waals surface area contributed by atoms with Crippen LogP contribution in [-0.4, -0.2) is 31.0 Å². The number of carbonyl (C=O) groups is 3. The summed E-state index contributed by atoms with van der Waals surface area (Å²) < 4.78 is 10.1. The lowest BCUT2D eigenvalue weighted by Crippen LogP contribution is -2.45. The Bertz CT molecular complexity index is 801. The number of para-hydroxylation sites is 2. The molecule has 2 N–H and O–H groups in total. The third-order valence-electron chi connectivity index (χ3n) is 3.44. The summed E-state index contributed by atoms with van der Waals surface area (Å²) in [6.07, 6.45) is -1.29. The molecule has 122 valence electrons. The zero-order valence-corrected chi connectivity index (χ0v) is 12.7. The second-order valence-corrected chi connectivity index (χ2v) is 5.04. The number of rotatable bonds is 3. The van der Waals surface area contributed by atoms with Gasteiger partial charge in [-0.25, -0.2) is 4.79 Å². The topological polar surface area (TPSA) is 93.7 Å². The fraction of sp³-hybridized carbons (Fsp3) is 0.118. The molecular formula is C17H14N2O5. The minimum absolute atomic E-state index is 0.357. The van der Waals surface area contributed by atoms with Crippen LogP contribution in [0.3, 0.4) is 0 Å². The number of amides is 2. The fourth-order valence-electron chi connectivity index (χ4n) is 2.24. The number of carbonyl (C=O) groups excluding carboxylic acids is 3. The molecule has 7 heteroatoms. The summed E-state index contributed by atoms with van der Waals surface area (Å²) in [6.45, 7) is 0. The zero-order chi connectivity index (χ0) is 17.1. The van der Waals surface area contributed by atoms with Crippen LogP contribution in [-0.2, 0) is 14.3 Å². The number of hydrogen-bond acceptors (Lipinski definition) is 5. The standard InChI is InChI=1S/C17H14N2O5/c1-23-17(22)10-6-8-11(9-7-10)18-15(20)14-16(21)19-12-4-2-3-5-13(12)24-14/h2-9,14H,1H3,(H,18,20)(H,19,21). The van der Waals surface area contributed by atoms with E-state index in [4.69, 9.17) is 4.74 Å². The second-order valence-electron chi connectivity index (χ2n) is 5.04. The van der Waals surface area contributed by atoms with Crippen LogP contribution < -0.4 is 15.4 Å². The van der Waals surface area contributed by atoms with E-state index >= 15 is 0 Å². The molecule has 2 aromatic rings. The first-order chi connectivity index (χ1) is 11.6. The molecule has 1 unspecified atom stereocenters. The molecular weight excluding hydrogens is 312 g/mol. The molecule has 2 aromatic carbocycles. The van der Waals surface area contributed by atoms with Gasteiger partial charge >= 0.3 is 5.97 Å². The monoisotopic (exact) mass is 326 g/mol. The molecule has 0 spiro atoms. The van der Waals surface area contributed by atoms with E-state index in [9.17, 15) is 14.4 Å². The maximum atomic E-state index is 12.3. The third-order valence-corrected chi connectivity index (χ3v) is 3.44. The maximum Gasteiger partial charge on any atom is 0.337 e. The summed E-state index contributed by atoms with van der Waals surface area (Å²) in [4.78, 5) is 35.7. The molecule has 0 saturated heterocycles. The number of hydrogen-bond donors (Lipinski definition) is 2. The van der Waals surface area contributed by atoms with Gasteiger partial charge in [0.2, 0.25) is 0 Å². The van der Waals surface area contributed by atoms with Gasteiger partial charge in [-0.3, -0.25) is 9.59 Å². The highest BCUT2D eigenvalue weighted by Gasteiger charge is 2.33. The molecule has 1 aliphatic rings. The molecule has 1 aliphatic heterocycles. The van der Waals surface area contributed by atoms with E-state index < -0.39 is 23.9 Å². The predicted octanol–water partition coefficient (Wildman–Crippen LogP) is 1.81. The predicted molar refractivity (Wildman–Crippen MR) is 85.9 cm³/mol. The van der Waals surface area contributed by atoms with Gasteiger partial charge in [0, 0.05) is 5.69 Å². The Labute approximate surface area is 137 Å². The van der Waals surface area contributed by atoms with Gasteiger partial charge in [-0.05, 0) is 36.4 Å². The maximum absolute atomic E-state index is 12.3. The lowest BCUT2D eigenvalue weighted by atomic mass is 10.2. The summed E-state index contributed by atoms with van der Waals surface area (Å²) >= 11 is 0. The van der Waals surface area contributed by atoms with Crippen LogP contribution in [0.2, 0.25) is 0 Å². The molecule has 0 fully saturated rings. The van der Waals surface area contributed by atoms with Crippen LogP contribution in [0.25, 0.3) is 0 Å². The summed E-state index contributed by atoms with van der Waals surface area (Å²) in [7, 11) is 1.29. The summed E-state index contributed by atoms with van der Waals surface area (Å²) in [6, 6.07) is 13.0. The van der Waals surface area contributed by atoms with E-state index in [1.54, 1.807) is 36.4 Å². The zero-order valence-electron chi connectivity index (χ0n) is 12.7. The van der Waals surface area contributed by atoms with E-state index in [1.807, 2.05) is 0 Å². The minimum atomic E-state index is -1.29. The van der Waals surface area contributed by atoms with Crippen molar-refractivity contribution in [2.45, 2.75) is 6.10 Å². The minimum Gasteiger partial charge on any atom is -0.468 e. The van der Waals surface area contributed by atoms with E-state index in [2.05, 4.69) is 15.4 Å². The van der Waals surface area contributed by atoms with Crippen molar-refractivity contribution in [3.05, 3.63) is 54.1 Å². The van der Waals surface area contributed by atoms with Crippen molar-refractivity contribution in [1.29, 1.82) is 0 Å². The number of nitrogens with one attached hydrogen (secondary N) is 2. The number of esters is 1. The number of benzene rings is 2. The van der Waals surface area contributed by atoms with E-state index in [0.717, 1.165) is 0 Å². The van der Waals surface area contributed by atoms with Crippen molar-refractivity contribution in [2.75, 3.05) is 17.7 Å². The van der Waals surface area contributed by atoms with Crippen molar-refractivity contribution in [3.63, 3.8) is 0 Å². The molecule has 2 amide bonds.